The van der Waals surface area contributed by atoms with E-state index in [0.29, 0.717) is 18.4 Å². The Balaban J connectivity index is 1.20. The lowest BCUT2D eigenvalue weighted by molar-refractivity contribution is -0.116. The fraction of sp³-hybridized carbons (Fsp3) is 0.556. The topological polar surface area (TPSA) is 57.7 Å². The number of nitrogens with one attached hydrogen (secondary N) is 1. The molecule has 3 heterocycles. The lowest BCUT2D eigenvalue weighted by atomic mass is 9.86. The van der Waals surface area contributed by atoms with Gasteiger partial charge in [0.2, 0.25) is 5.91 Å². The number of fused-ring (bicyclic) bond motifs is 1. The van der Waals surface area contributed by atoms with Gasteiger partial charge in [-0.15, -0.1) is 0 Å². The van der Waals surface area contributed by atoms with Crippen LogP contribution in [-0.2, 0) is 28.9 Å². The molecule has 3 aliphatic rings. The molecule has 5 rings (SSSR count). The molecule has 2 fully saturated rings. The van der Waals surface area contributed by atoms with Crippen molar-refractivity contribution >= 4 is 11.6 Å². The molecule has 1 N–H and O–H groups in total. The molecule has 0 unspecified atom stereocenters. The summed E-state index contributed by atoms with van der Waals surface area (Å²) in [6.07, 6.45) is 9.97. The van der Waals surface area contributed by atoms with Crippen LogP contribution in [0, 0.1) is 5.92 Å². The van der Waals surface area contributed by atoms with Gasteiger partial charge in [0.05, 0.1) is 13.2 Å². The van der Waals surface area contributed by atoms with Crippen LogP contribution in [0.3, 0.4) is 0 Å². The zero-order chi connectivity index (χ0) is 22.5. The first-order valence-electron chi connectivity index (χ1n) is 12.6. The predicted molar refractivity (Wildman–Crippen MR) is 130 cm³/mol. The van der Waals surface area contributed by atoms with Crippen molar-refractivity contribution in [3.8, 4) is 0 Å². The average Bonchev–Trinajstić information content (AvgIpc) is 3.32. The van der Waals surface area contributed by atoms with Crippen LogP contribution < -0.4 is 5.32 Å². The number of carbonyl (C=O) groups is 1. The van der Waals surface area contributed by atoms with Crippen LogP contribution in [0.25, 0.3) is 0 Å². The number of anilines is 1. The van der Waals surface area contributed by atoms with Crippen LogP contribution in [0.15, 0.2) is 42.7 Å². The van der Waals surface area contributed by atoms with E-state index in [4.69, 9.17) is 4.74 Å². The van der Waals surface area contributed by atoms with E-state index in [1.807, 2.05) is 18.5 Å². The largest absolute Gasteiger partial charge is 0.379 e. The van der Waals surface area contributed by atoms with E-state index < -0.39 is 0 Å². The van der Waals surface area contributed by atoms with Gasteiger partial charge in [-0.05, 0) is 79.5 Å². The van der Waals surface area contributed by atoms with E-state index in [2.05, 4.69) is 44.4 Å². The Hall–Kier alpha value is -2.28. The Morgan fingerprint density at radius 3 is 2.85 bits per heavy atom. The highest BCUT2D eigenvalue weighted by Gasteiger charge is 2.34. The minimum atomic E-state index is 0.137. The quantitative estimate of drug-likeness (QED) is 0.703. The molecular formula is C27H36N4O2. The van der Waals surface area contributed by atoms with E-state index in [0.717, 1.165) is 70.9 Å². The monoisotopic (exact) mass is 448 g/mol. The molecule has 2 atom stereocenters. The second-order valence-electron chi connectivity index (χ2n) is 9.78. The van der Waals surface area contributed by atoms with Gasteiger partial charge in [0.25, 0.3) is 0 Å². The predicted octanol–water partition coefficient (Wildman–Crippen LogP) is 3.51. The molecule has 0 saturated carbocycles. The summed E-state index contributed by atoms with van der Waals surface area (Å²) >= 11 is 0. The highest BCUT2D eigenvalue weighted by Crippen LogP contribution is 2.29. The van der Waals surface area contributed by atoms with Gasteiger partial charge < -0.3 is 10.1 Å². The zero-order valence-electron chi connectivity index (χ0n) is 19.5. The van der Waals surface area contributed by atoms with E-state index in [-0.39, 0.29) is 5.91 Å². The molecule has 6 heteroatoms. The Labute approximate surface area is 197 Å². The van der Waals surface area contributed by atoms with Crippen LogP contribution >= 0.6 is 0 Å². The summed E-state index contributed by atoms with van der Waals surface area (Å²) in [6.45, 7) is 6.71. The zero-order valence-corrected chi connectivity index (χ0v) is 19.5. The van der Waals surface area contributed by atoms with Crippen LogP contribution in [0.4, 0.5) is 5.69 Å². The summed E-state index contributed by atoms with van der Waals surface area (Å²) < 4.78 is 5.60. The molecule has 176 valence electrons. The molecule has 1 aliphatic carbocycles. The number of morpholine rings is 1. The van der Waals surface area contributed by atoms with Crippen molar-refractivity contribution < 1.29 is 9.53 Å². The lowest BCUT2D eigenvalue weighted by Gasteiger charge is -2.45. The summed E-state index contributed by atoms with van der Waals surface area (Å²) in [7, 11) is 0. The maximum atomic E-state index is 12.8. The highest BCUT2D eigenvalue weighted by molar-refractivity contribution is 5.90. The Kier molecular flexibility index (Phi) is 7.34. The second kappa shape index (κ2) is 10.8. The number of pyridine rings is 1. The van der Waals surface area contributed by atoms with E-state index in [9.17, 15) is 4.79 Å². The van der Waals surface area contributed by atoms with Crippen molar-refractivity contribution in [2.24, 2.45) is 5.92 Å². The number of ether oxygens (including phenoxy) is 1. The Morgan fingerprint density at radius 2 is 2.00 bits per heavy atom. The molecular weight excluding hydrogens is 412 g/mol. The molecule has 1 amide bonds. The molecule has 1 aromatic carbocycles. The SMILES string of the molecule is O=C(CC[C@H]1CN(Cc2cccnc2)CC[C@H]1N1CCOCC1)Nc1ccc2c(c1)CCC2. The van der Waals surface area contributed by atoms with Gasteiger partial charge in [0.15, 0.2) is 0 Å². The van der Waals surface area contributed by atoms with Gasteiger partial charge in [-0.2, -0.15) is 0 Å². The average molecular weight is 449 g/mol. The van der Waals surface area contributed by atoms with Crippen LogP contribution in [0.1, 0.15) is 42.4 Å². The molecule has 0 bridgehead atoms. The third-order valence-electron chi connectivity index (χ3n) is 7.55. The van der Waals surface area contributed by atoms with Crippen LogP contribution in [0.2, 0.25) is 0 Å². The summed E-state index contributed by atoms with van der Waals surface area (Å²) in [5.41, 5.74) is 5.05. The minimum absolute atomic E-state index is 0.137. The fourth-order valence-corrected chi connectivity index (χ4v) is 5.85. The number of hydrogen-bond donors (Lipinski definition) is 1. The number of nitrogens with zero attached hydrogens (tertiary/aromatic N) is 3. The minimum Gasteiger partial charge on any atom is -0.379 e. The molecule has 33 heavy (non-hydrogen) atoms. The first kappa shape index (κ1) is 22.5. The molecule has 1 aromatic heterocycles. The van der Waals surface area contributed by atoms with Crippen LogP contribution in [0.5, 0.6) is 0 Å². The van der Waals surface area contributed by atoms with Gasteiger partial charge in [-0.1, -0.05) is 12.1 Å². The third-order valence-corrected chi connectivity index (χ3v) is 7.55. The molecule has 2 aliphatic heterocycles. The fourth-order valence-electron chi connectivity index (χ4n) is 5.85. The van der Waals surface area contributed by atoms with Crippen molar-refractivity contribution in [1.82, 2.24) is 14.8 Å². The number of carbonyl (C=O) groups excluding carboxylic acids is 1. The molecule has 6 nitrogen and oxygen atoms in total. The smallest absolute Gasteiger partial charge is 0.224 e. The van der Waals surface area contributed by atoms with E-state index >= 15 is 0 Å². The van der Waals surface area contributed by atoms with Gasteiger partial charge >= 0.3 is 0 Å². The van der Waals surface area contributed by atoms with Crippen molar-refractivity contribution in [2.75, 3.05) is 44.7 Å². The van der Waals surface area contributed by atoms with E-state index in [1.54, 1.807) is 0 Å². The highest BCUT2D eigenvalue weighted by atomic mass is 16.5. The van der Waals surface area contributed by atoms with Gasteiger partial charge in [-0.3, -0.25) is 19.6 Å². The lowest BCUT2D eigenvalue weighted by Crippen LogP contribution is -2.53. The maximum Gasteiger partial charge on any atom is 0.224 e. The maximum absolute atomic E-state index is 12.8. The molecule has 2 aromatic rings. The molecule has 0 radical (unpaired) electrons. The number of rotatable bonds is 7. The summed E-state index contributed by atoms with van der Waals surface area (Å²) in [5.74, 6) is 0.623. The molecule has 0 spiro atoms. The van der Waals surface area contributed by atoms with Crippen LogP contribution in [-0.4, -0.2) is 66.1 Å². The van der Waals surface area contributed by atoms with E-state index in [1.165, 1.54) is 29.5 Å². The number of piperidine rings is 1. The number of aromatic nitrogens is 1. The second-order valence-corrected chi connectivity index (χ2v) is 9.78. The Bertz CT molecular complexity index is 929. The number of aryl methyl sites for hydroxylation is 2. The number of amides is 1. The van der Waals surface area contributed by atoms with Crippen molar-refractivity contribution in [3.63, 3.8) is 0 Å². The summed E-state index contributed by atoms with van der Waals surface area (Å²) in [6, 6.07) is 11.1. The van der Waals surface area contributed by atoms with Gasteiger partial charge in [-0.25, -0.2) is 0 Å². The molecule has 2 saturated heterocycles. The number of hydrogen-bond acceptors (Lipinski definition) is 5. The Morgan fingerprint density at radius 1 is 1.12 bits per heavy atom. The van der Waals surface area contributed by atoms with Crippen molar-refractivity contribution in [2.45, 2.75) is 51.1 Å². The van der Waals surface area contributed by atoms with Gasteiger partial charge in [0, 0.05) is 56.7 Å². The first-order chi connectivity index (χ1) is 16.2. The normalized spacial score (nSPS) is 23.9. The first-order valence-corrected chi connectivity index (χ1v) is 12.6. The van der Waals surface area contributed by atoms with Gasteiger partial charge in [0.1, 0.15) is 0 Å². The van der Waals surface area contributed by atoms with Crippen molar-refractivity contribution in [3.05, 3.63) is 59.4 Å². The summed E-state index contributed by atoms with van der Waals surface area (Å²) in [4.78, 5) is 22.3. The standard InChI is InChI=1S/C27H36N4O2/c32-27(29-25-8-6-22-4-1-5-23(22)17-25)9-7-24-20-30(19-21-3-2-11-28-18-21)12-10-26(24)31-13-15-33-16-14-31/h2-3,6,8,11,17-18,24,26H,1,4-5,7,9-10,12-16,19-20H2,(H,29,32)/t24-,26+/m0/s1. The third kappa shape index (κ3) is 5.81. The number of benzene rings is 1. The number of likely N-dealkylation sites (tertiary alicyclic amines) is 1. The van der Waals surface area contributed by atoms with Crippen molar-refractivity contribution in [1.29, 1.82) is 0 Å². The summed E-state index contributed by atoms with van der Waals surface area (Å²) in [5, 5.41) is 3.16.